The van der Waals surface area contributed by atoms with Crippen molar-refractivity contribution in [1.29, 1.82) is 0 Å². The van der Waals surface area contributed by atoms with Crippen molar-refractivity contribution in [2.45, 2.75) is 19.4 Å². The average molecular weight is 290 g/mol. The first-order valence-electron chi connectivity index (χ1n) is 6.45. The molecule has 108 valence electrons. The molecule has 0 aliphatic carbocycles. The lowest BCUT2D eigenvalue weighted by Gasteiger charge is -2.07. The van der Waals surface area contributed by atoms with Crippen LogP contribution < -0.4 is 5.32 Å². The van der Waals surface area contributed by atoms with E-state index in [0.29, 0.717) is 30.3 Å². The standard InChI is InChI=1S/C14H21ClFNO2/c1-18-8-9-19-7-3-2-6-17-11-12-10-13(15)4-5-14(12)16/h4-5,10,17H,2-3,6-9,11H2,1H3. The Kier molecular flexibility index (Phi) is 8.75. The lowest BCUT2D eigenvalue weighted by molar-refractivity contribution is 0.0688. The summed E-state index contributed by atoms with van der Waals surface area (Å²) in [5.41, 5.74) is 0.601. The van der Waals surface area contributed by atoms with Gasteiger partial charge in [0.1, 0.15) is 5.82 Å². The summed E-state index contributed by atoms with van der Waals surface area (Å²) in [6.45, 7) is 3.33. The Labute approximate surface area is 119 Å². The highest BCUT2D eigenvalue weighted by Gasteiger charge is 2.02. The topological polar surface area (TPSA) is 30.5 Å². The number of hydrogen-bond acceptors (Lipinski definition) is 3. The molecule has 5 heteroatoms. The van der Waals surface area contributed by atoms with Crippen LogP contribution in [0.5, 0.6) is 0 Å². The van der Waals surface area contributed by atoms with Crippen molar-refractivity contribution < 1.29 is 13.9 Å². The van der Waals surface area contributed by atoms with Crippen LogP contribution in [0.4, 0.5) is 4.39 Å². The lowest BCUT2D eigenvalue weighted by Crippen LogP contribution is -2.16. The van der Waals surface area contributed by atoms with E-state index in [2.05, 4.69) is 5.32 Å². The zero-order chi connectivity index (χ0) is 13.9. The predicted molar refractivity (Wildman–Crippen MR) is 75.0 cm³/mol. The number of unbranched alkanes of at least 4 members (excludes halogenated alkanes) is 1. The van der Waals surface area contributed by atoms with Gasteiger partial charge in [0.05, 0.1) is 13.2 Å². The molecule has 19 heavy (non-hydrogen) atoms. The third-order valence-corrected chi connectivity index (χ3v) is 2.88. The van der Waals surface area contributed by atoms with Crippen molar-refractivity contribution >= 4 is 11.6 Å². The first kappa shape index (κ1) is 16.4. The predicted octanol–water partition coefficient (Wildman–Crippen LogP) is 3.01. The molecule has 0 spiro atoms. The minimum Gasteiger partial charge on any atom is -0.382 e. The zero-order valence-electron chi connectivity index (χ0n) is 11.3. The molecule has 0 aliphatic rings. The van der Waals surface area contributed by atoms with Gasteiger partial charge in [-0.15, -0.1) is 0 Å². The number of rotatable bonds is 10. The first-order chi connectivity index (χ1) is 9.24. The fourth-order valence-electron chi connectivity index (χ4n) is 1.60. The summed E-state index contributed by atoms with van der Waals surface area (Å²) in [7, 11) is 1.66. The minimum atomic E-state index is -0.222. The van der Waals surface area contributed by atoms with Gasteiger partial charge in [-0.25, -0.2) is 4.39 Å². The molecule has 1 rings (SSSR count). The summed E-state index contributed by atoms with van der Waals surface area (Å²) >= 11 is 5.82. The second-order valence-electron chi connectivity index (χ2n) is 4.22. The van der Waals surface area contributed by atoms with Crippen LogP contribution in [-0.2, 0) is 16.0 Å². The highest BCUT2D eigenvalue weighted by atomic mass is 35.5. The second-order valence-corrected chi connectivity index (χ2v) is 4.66. The maximum atomic E-state index is 13.4. The molecule has 0 saturated carbocycles. The molecule has 1 aromatic carbocycles. The van der Waals surface area contributed by atoms with Crippen LogP contribution in [0.15, 0.2) is 18.2 Å². The Balaban J connectivity index is 2.03. The van der Waals surface area contributed by atoms with E-state index in [1.807, 2.05) is 0 Å². The number of halogens is 2. The molecular weight excluding hydrogens is 269 g/mol. The number of benzene rings is 1. The number of methoxy groups -OCH3 is 1. The average Bonchev–Trinajstić information content (AvgIpc) is 2.40. The van der Waals surface area contributed by atoms with Crippen LogP contribution in [0.2, 0.25) is 5.02 Å². The van der Waals surface area contributed by atoms with Gasteiger partial charge in [0.15, 0.2) is 0 Å². The zero-order valence-corrected chi connectivity index (χ0v) is 12.0. The Bertz CT molecular complexity index is 363. The summed E-state index contributed by atoms with van der Waals surface area (Å²) in [5, 5.41) is 3.75. The summed E-state index contributed by atoms with van der Waals surface area (Å²) < 4.78 is 23.6. The molecule has 3 nitrogen and oxygen atoms in total. The van der Waals surface area contributed by atoms with Crippen LogP contribution in [0.3, 0.4) is 0 Å². The van der Waals surface area contributed by atoms with Crippen LogP contribution in [0.25, 0.3) is 0 Å². The highest BCUT2D eigenvalue weighted by molar-refractivity contribution is 6.30. The molecule has 0 aromatic heterocycles. The van der Waals surface area contributed by atoms with Crippen molar-refractivity contribution in [3.63, 3.8) is 0 Å². The van der Waals surface area contributed by atoms with Crippen LogP contribution in [0, 0.1) is 5.82 Å². The molecular formula is C14H21ClFNO2. The smallest absolute Gasteiger partial charge is 0.127 e. The molecule has 0 atom stereocenters. The van der Waals surface area contributed by atoms with E-state index in [4.69, 9.17) is 21.1 Å². The largest absolute Gasteiger partial charge is 0.382 e. The normalized spacial score (nSPS) is 10.9. The van der Waals surface area contributed by atoms with Crippen LogP contribution >= 0.6 is 11.6 Å². The summed E-state index contributed by atoms with van der Waals surface area (Å²) in [6, 6.07) is 4.60. The molecule has 0 aliphatic heterocycles. The third-order valence-electron chi connectivity index (χ3n) is 2.65. The second kappa shape index (κ2) is 10.1. The summed E-state index contributed by atoms with van der Waals surface area (Å²) in [5.74, 6) is -0.222. The molecule has 0 bridgehead atoms. The Morgan fingerprint density at radius 2 is 2.05 bits per heavy atom. The third kappa shape index (κ3) is 7.47. The lowest BCUT2D eigenvalue weighted by atomic mass is 10.2. The Morgan fingerprint density at radius 3 is 2.84 bits per heavy atom. The van der Waals surface area contributed by atoms with Gasteiger partial charge < -0.3 is 14.8 Å². The first-order valence-corrected chi connectivity index (χ1v) is 6.83. The van der Waals surface area contributed by atoms with Gasteiger partial charge in [-0.3, -0.25) is 0 Å². The molecule has 0 amide bonds. The summed E-state index contributed by atoms with van der Waals surface area (Å²) in [6.07, 6.45) is 1.98. The Hall–Kier alpha value is -0.680. The molecule has 1 aromatic rings. The van der Waals surface area contributed by atoms with Gasteiger partial charge in [0.25, 0.3) is 0 Å². The quantitative estimate of drug-likeness (QED) is 0.672. The van der Waals surface area contributed by atoms with Crippen molar-refractivity contribution in [3.8, 4) is 0 Å². The molecule has 1 N–H and O–H groups in total. The maximum Gasteiger partial charge on any atom is 0.127 e. The Morgan fingerprint density at radius 1 is 1.21 bits per heavy atom. The molecule has 0 radical (unpaired) electrons. The van der Waals surface area contributed by atoms with E-state index >= 15 is 0 Å². The number of ether oxygens (including phenoxy) is 2. The van der Waals surface area contributed by atoms with E-state index in [1.54, 1.807) is 19.2 Å². The highest BCUT2D eigenvalue weighted by Crippen LogP contribution is 2.14. The molecule has 0 saturated heterocycles. The van der Waals surface area contributed by atoms with Gasteiger partial charge in [-0.1, -0.05) is 11.6 Å². The van der Waals surface area contributed by atoms with Gasteiger partial charge in [-0.05, 0) is 37.6 Å². The number of nitrogens with one attached hydrogen (secondary N) is 1. The van der Waals surface area contributed by atoms with Crippen LogP contribution in [-0.4, -0.2) is 33.5 Å². The van der Waals surface area contributed by atoms with E-state index in [0.717, 1.165) is 26.0 Å². The van der Waals surface area contributed by atoms with Crippen molar-refractivity contribution in [2.75, 3.05) is 33.5 Å². The maximum absolute atomic E-state index is 13.4. The van der Waals surface area contributed by atoms with Gasteiger partial charge in [0.2, 0.25) is 0 Å². The fourth-order valence-corrected chi connectivity index (χ4v) is 1.79. The molecule has 0 heterocycles. The van der Waals surface area contributed by atoms with Gasteiger partial charge in [-0.2, -0.15) is 0 Å². The van der Waals surface area contributed by atoms with Crippen LogP contribution in [0.1, 0.15) is 18.4 Å². The van der Waals surface area contributed by atoms with Gasteiger partial charge >= 0.3 is 0 Å². The minimum absolute atomic E-state index is 0.222. The number of hydrogen-bond donors (Lipinski definition) is 1. The summed E-state index contributed by atoms with van der Waals surface area (Å²) in [4.78, 5) is 0. The van der Waals surface area contributed by atoms with E-state index in [1.165, 1.54) is 6.07 Å². The molecule has 0 fully saturated rings. The van der Waals surface area contributed by atoms with Crippen molar-refractivity contribution in [2.24, 2.45) is 0 Å². The van der Waals surface area contributed by atoms with Gasteiger partial charge in [0, 0.05) is 30.8 Å². The SMILES string of the molecule is COCCOCCCCNCc1cc(Cl)ccc1F. The van der Waals surface area contributed by atoms with Crippen molar-refractivity contribution in [3.05, 3.63) is 34.6 Å². The van der Waals surface area contributed by atoms with E-state index in [9.17, 15) is 4.39 Å². The van der Waals surface area contributed by atoms with E-state index < -0.39 is 0 Å². The van der Waals surface area contributed by atoms with E-state index in [-0.39, 0.29) is 5.82 Å². The fraction of sp³-hybridized carbons (Fsp3) is 0.571. The van der Waals surface area contributed by atoms with Crippen molar-refractivity contribution in [1.82, 2.24) is 5.32 Å². The molecule has 0 unspecified atom stereocenters. The monoisotopic (exact) mass is 289 g/mol.